The van der Waals surface area contributed by atoms with Crippen molar-refractivity contribution in [3.63, 3.8) is 0 Å². The lowest BCUT2D eigenvalue weighted by molar-refractivity contribution is -0.138. The molecule has 1 aromatic heterocycles. The van der Waals surface area contributed by atoms with Gasteiger partial charge in [-0.25, -0.2) is 4.68 Å². The Labute approximate surface area is 178 Å². The van der Waals surface area contributed by atoms with Crippen LogP contribution in [0.4, 0.5) is 13.2 Å². The van der Waals surface area contributed by atoms with Crippen LogP contribution >= 0.6 is 11.6 Å². The van der Waals surface area contributed by atoms with Gasteiger partial charge in [0.15, 0.2) is 5.69 Å². The molecule has 11 heteroatoms. The number of halogens is 4. The number of aliphatic carboxylic acids is 1. The van der Waals surface area contributed by atoms with Crippen molar-refractivity contribution in [3.8, 4) is 11.6 Å². The summed E-state index contributed by atoms with van der Waals surface area (Å²) in [5.74, 6) is -2.45. The van der Waals surface area contributed by atoms with Crippen LogP contribution in [0.5, 0.6) is 5.88 Å². The number of alkyl halides is 3. The van der Waals surface area contributed by atoms with Gasteiger partial charge < -0.3 is 15.5 Å². The van der Waals surface area contributed by atoms with Crippen LogP contribution in [0.1, 0.15) is 34.1 Å². The van der Waals surface area contributed by atoms with Crippen molar-refractivity contribution >= 4 is 23.5 Å². The number of carboxylic acid groups (broad SMARTS) is 1. The van der Waals surface area contributed by atoms with Crippen LogP contribution < -0.4 is 5.32 Å². The van der Waals surface area contributed by atoms with E-state index in [0.717, 1.165) is 35.0 Å². The zero-order valence-electron chi connectivity index (χ0n) is 15.6. The Morgan fingerprint density at radius 1 is 1.13 bits per heavy atom. The van der Waals surface area contributed by atoms with Crippen LogP contribution in [-0.4, -0.2) is 31.9 Å². The first-order chi connectivity index (χ1) is 14.5. The number of carbonyl (C=O) groups is 2. The topological polar surface area (TPSA) is 104 Å². The van der Waals surface area contributed by atoms with Gasteiger partial charge in [0.25, 0.3) is 5.91 Å². The Kier molecular flexibility index (Phi) is 6.21. The molecule has 162 valence electrons. The van der Waals surface area contributed by atoms with Gasteiger partial charge in [0.05, 0.1) is 23.7 Å². The Morgan fingerprint density at radius 3 is 2.39 bits per heavy atom. The standard InChI is InChI=1S/C20H15ClF3N3O4/c21-13-2-1-3-14(8-13)27-17(28)9-16(26-27)19(31)25-15(10-18(29)30)11-4-6-12(7-5-11)20(22,23)24/h1-9,15,28H,10H2,(H,25,31)(H,29,30)/t15-/m0/s1. The maximum atomic E-state index is 12.8. The SMILES string of the molecule is O=C(O)C[C@H](NC(=O)c1cc(O)n(-c2cccc(Cl)c2)n1)c1ccc(C(F)(F)F)cc1. The Hall–Kier alpha value is -3.53. The summed E-state index contributed by atoms with van der Waals surface area (Å²) >= 11 is 5.91. The first kappa shape index (κ1) is 22.2. The van der Waals surface area contributed by atoms with Gasteiger partial charge in [-0.3, -0.25) is 9.59 Å². The summed E-state index contributed by atoms with van der Waals surface area (Å²) in [6, 6.07) is 10.1. The molecule has 0 aliphatic carbocycles. The molecule has 31 heavy (non-hydrogen) atoms. The van der Waals surface area contributed by atoms with E-state index in [2.05, 4.69) is 10.4 Å². The number of hydrogen-bond donors (Lipinski definition) is 3. The molecule has 0 radical (unpaired) electrons. The third kappa shape index (κ3) is 5.34. The third-order valence-corrected chi connectivity index (χ3v) is 4.54. The van der Waals surface area contributed by atoms with Crippen LogP contribution in [0, 0.1) is 0 Å². The molecule has 1 atom stereocenters. The van der Waals surface area contributed by atoms with E-state index in [4.69, 9.17) is 16.7 Å². The highest BCUT2D eigenvalue weighted by Crippen LogP contribution is 2.30. The van der Waals surface area contributed by atoms with Crippen LogP contribution in [-0.2, 0) is 11.0 Å². The van der Waals surface area contributed by atoms with Crippen molar-refractivity contribution in [2.45, 2.75) is 18.6 Å². The summed E-state index contributed by atoms with van der Waals surface area (Å²) in [4.78, 5) is 23.8. The highest BCUT2D eigenvalue weighted by molar-refractivity contribution is 6.30. The molecular formula is C20H15ClF3N3O4. The van der Waals surface area contributed by atoms with Crippen molar-refractivity contribution in [1.29, 1.82) is 0 Å². The van der Waals surface area contributed by atoms with Crippen molar-refractivity contribution in [2.24, 2.45) is 0 Å². The highest BCUT2D eigenvalue weighted by Gasteiger charge is 2.30. The molecule has 1 heterocycles. The van der Waals surface area contributed by atoms with Crippen molar-refractivity contribution in [2.75, 3.05) is 0 Å². The predicted octanol–water partition coefficient (Wildman–Crippen LogP) is 4.20. The summed E-state index contributed by atoms with van der Waals surface area (Å²) in [5.41, 5.74) is -0.572. The summed E-state index contributed by atoms with van der Waals surface area (Å²) in [7, 11) is 0. The Balaban J connectivity index is 1.85. The van der Waals surface area contributed by atoms with Gasteiger partial charge in [-0.2, -0.15) is 18.3 Å². The quantitative estimate of drug-likeness (QED) is 0.519. The molecule has 0 aliphatic heterocycles. The first-order valence-electron chi connectivity index (χ1n) is 8.79. The molecule has 0 bridgehead atoms. The van der Waals surface area contributed by atoms with E-state index < -0.39 is 36.1 Å². The van der Waals surface area contributed by atoms with Crippen molar-refractivity contribution < 1.29 is 33.0 Å². The summed E-state index contributed by atoms with van der Waals surface area (Å²) in [5, 5.41) is 26.0. The maximum absolute atomic E-state index is 12.8. The number of carboxylic acids is 1. The van der Waals surface area contributed by atoms with E-state index in [1.165, 1.54) is 6.07 Å². The number of aromatic hydroxyl groups is 1. The van der Waals surface area contributed by atoms with Gasteiger partial charge in [0, 0.05) is 11.1 Å². The second kappa shape index (κ2) is 8.68. The minimum absolute atomic E-state index is 0.169. The Morgan fingerprint density at radius 2 is 1.81 bits per heavy atom. The average Bonchev–Trinajstić information content (AvgIpc) is 3.08. The fourth-order valence-corrected chi connectivity index (χ4v) is 3.03. The molecule has 3 aromatic rings. The maximum Gasteiger partial charge on any atom is 0.416 e. The number of benzene rings is 2. The van der Waals surface area contributed by atoms with E-state index in [1.54, 1.807) is 18.2 Å². The Bertz CT molecular complexity index is 1110. The lowest BCUT2D eigenvalue weighted by atomic mass is 10.0. The van der Waals surface area contributed by atoms with Crippen LogP contribution in [0.2, 0.25) is 5.02 Å². The third-order valence-electron chi connectivity index (χ3n) is 4.30. The van der Waals surface area contributed by atoms with Gasteiger partial charge >= 0.3 is 12.1 Å². The highest BCUT2D eigenvalue weighted by atomic mass is 35.5. The summed E-state index contributed by atoms with van der Waals surface area (Å²) < 4.78 is 39.3. The second-order valence-corrected chi connectivity index (χ2v) is 6.96. The van der Waals surface area contributed by atoms with Gasteiger partial charge in [0.1, 0.15) is 0 Å². The number of nitrogens with one attached hydrogen (secondary N) is 1. The second-order valence-electron chi connectivity index (χ2n) is 6.52. The molecule has 0 saturated carbocycles. The molecule has 3 rings (SSSR count). The van der Waals surface area contributed by atoms with Gasteiger partial charge in [0.2, 0.25) is 5.88 Å². The number of hydrogen-bond acceptors (Lipinski definition) is 4. The summed E-state index contributed by atoms with van der Waals surface area (Å²) in [6.45, 7) is 0. The molecule has 7 nitrogen and oxygen atoms in total. The molecule has 2 aromatic carbocycles. The monoisotopic (exact) mass is 453 g/mol. The van der Waals surface area contributed by atoms with Crippen LogP contribution in [0.3, 0.4) is 0 Å². The molecule has 1 amide bonds. The normalized spacial score (nSPS) is 12.4. The van der Waals surface area contributed by atoms with Crippen LogP contribution in [0.25, 0.3) is 5.69 Å². The molecule has 0 fully saturated rings. The molecule has 0 spiro atoms. The fourth-order valence-electron chi connectivity index (χ4n) is 2.84. The van der Waals surface area contributed by atoms with E-state index in [1.807, 2.05) is 0 Å². The minimum Gasteiger partial charge on any atom is -0.493 e. The number of nitrogens with zero attached hydrogens (tertiary/aromatic N) is 2. The predicted molar refractivity (Wildman–Crippen MR) is 104 cm³/mol. The number of carbonyl (C=O) groups excluding carboxylic acids is 1. The van der Waals surface area contributed by atoms with Gasteiger partial charge in [-0.1, -0.05) is 29.8 Å². The number of amides is 1. The van der Waals surface area contributed by atoms with E-state index in [0.29, 0.717) is 10.7 Å². The molecule has 0 unspecified atom stereocenters. The van der Waals surface area contributed by atoms with E-state index in [9.17, 15) is 27.9 Å². The zero-order chi connectivity index (χ0) is 22.8. The molecular weight excluding hydrogens is 439 g/mol. The smallest absolute Gasteiger partial charge is 0.416 e. The lowest BCUT2D eigenvalue weighted by Gasteiger charge is -2.17. The van der Waals surface area contributed by atoms with Gasteiger partial charge in [-0.05, 0) is 35.9 Å². The minimum atomic E-state index is -4.55. The van der Waals surface area contributed by atoms with Crippen LogP contribution in [0.15, 0.2) is 54.6 Å². The summed E-state index contributed by atoms with van der Waals surface area (Å²) in [6.07, 6.45) is -5.12. The largest absolute Gasteiger partial charge is 0.493 e. The van der Waals surface area contributed by atoms with E-state index in [-0.39, 0.29) is 17.1 Å². The number of rotatable bonds is 6. The molecule has 3 N–H and O–H groups in total. The molecule has 0 aliphatic rings. The van der Waals surface area contributed by atoms with Crippen molar-refractivity contribution in [1.82, 2.24) is 15.1 Å². The fraction of sp³-hybridized carbons (Fsp3) is 0.150. The number of aromatic nitrogens is 2. The lowest BCUT2D eigenvalue weighted by Crippen LogP contribution is -2.30. The first-order valence-corrected chi connectivity index (χ1v) is 9.17. The van der Waals surface area contributed by atoms with Crippen molar-refractivity contribution in [3.05, 3.63) is 76.4 Å². The average molecular weight is 454 g/mol. The zero-order valence-corrected chi connectivity index (χ0v) is 16.4. The molecule has 0 saturated heterocycles. The van der Waals surface area contributed by atoms with Gasteiger partial charge in [-0.15, -0.1) is 0 Å². The van der Waals surface area contributed by atoms with E-state index >= 15 is 0 Å².